The number of amides is 1. The minimum Gasteiger partial charge on any atom is -0.388 e. The van der Waals surface area contributed by atoms with Crippen LogP contribution in [-0.4, -0.2) is 11.0 Å². The predicted molar refractivity (Wildman–Crippen MR) is 83.9 cm³/mol. The lowest BCUT2D eigenvalue weighted by Gasteiger charge is -2.14. The number of benzene rings is 2. The average Bonchev–Trinajstić information content (AvgIpc) is 2.79. The van der Waals surface area contributed by atoms with E-state index >= 15 is 0 Å². The first kappa shape index (κ1) is 14.4. The van der Waals surface area contributed by atoms with Crippen LogP contribution in [0.15, 0.2) is 36.4 Å². The Balaban J connectivity index is 1.85. The molecule has 0 fully saturated rings. The fraction of sp³-hybridized carbons (Fsp3) is 0.188. The van der Waals surface area contributed by atoms with Gasteiger partial charge in [0.15, 0.2) is 0 Å². The maximum Gasteiger partial charge on any atom is 0.228 e. The molecule has 0 saturated heterocycles. The van der Waals surface area contributed by atoms with Crippen LogP contribution in [0, 0.1) is 0 Å². The first-order valence-electron chi connectivity index (χ1n) is 6.57. The highest BCUT2D eigenvalue weighted by atomic mass is 35.5. The minimum atomic E-state index is -0.723. The van der Waals surface area contributed by atoms with E-state index in [0.717, 1.165) is 16.8 Å². The normalized spacial score (nSPS) is 14.7. The Morgan fingerprint density at radius 2 is 1.90 bits per heavy atom. The molecule has 3 rings (SSSR count). The zero-order valence-corrected chi connectivity index (χ0v) is 12.6. The third-order valence-corrected chi connectivity index (χ3v) is 4.13. The lowest BCUT2D eigenvalue weighted by Crippen LogP contribution is -2.03. The zero-order valence-electron chi connectivity index (χ0n) is 11.1. The molecule has 2 N–H and O–H groups in total. The smallest absolute Gasteiger partial charge is 0.228 e. The first-order chi connectivity index (χ1) is 10.0. The van der Waals surface area contributed by atoms with E-state index in [1.807, 2.05) is 12.1 Å². The molecule has 0 aromatic heterocycles. The Labute approximate surface area is 132 Å². The summed E-state index contributed by atoms with van der Waals surface area (Å²) in [5.41, 5.74) is 3.21. The molecule has 108 valence electrons. The van der Waals surface area contributed by atoms with Crippen LogP contribution in [0.1, 0.15) is 22.8 Å². The van der Waals surface area contributed by atoms with Crippen molar-refractivity contribution in [2.75, 3.05) is 5.32 Å². The van der Waals surface area contributed by atoms with Crippen LogP contribution < -0.4 is 5.32 Å². The second-order valence-electron chi connectivity index (χ2n) is 5.10. The maximum absolute atomic E-state index is 11.4. The highest BCUT2D eigenvalue weighted by Crippen LogP contribution is 2.34. The van der Waals surface area contributed by atoms with Gasteiger partial charge < -0.3 is 10.4 Å². The average molecular weight is 322 g/mol. The van der Waals surface area contributed by atoms with Crippen LogP contribution in [0.25, 0.3) is 0 Å². The molecule has 21 heavy (non-hydrogen) atoms. The van der Waals surface area contributed by atoms with E-state index in [9.17, 15) is 9.90 Å². The van der Waals surface area contributed by atoms with Crippen molar-refractivity contribution in [3.63, 3.8) is 0 Å². The number of halogens is 2. The number of aliphatic hydroxyl groups excluding tert-OH is 1. The summed E-state index contributed by atoms with van der Waals surface area (Å²) in [6, 6.07) is 10.8. The van der Waals surface area contributed by atoms with Gasteiger partial charge in [0.05, 0.1) is 12.5 Å². The van der Waals surface area contributed by atoms with Crippen LogP contribution in [0.2, 0.25) is 10.0 Å². The van der Waals surface area contributed by atoms with Gasteiger partial charge in [0.25, 0.3) is 0 Å². The summed E-state index contributed by atoms with van der Waals surface area (Å²) in [5.74, 6) is -0.0505. The number of anilines is 1. The molecule has 1 amide bonds. The van der Waals surface area contributed by atoms with E-state index < -0.39 is 6.10 Å². The molecule has 1 aliphatic rings. The minimum absolute atomic E-state index is 0.0505. The molecule has 0 spiro atoms. The van der Waals surface area contributed by atoms with Gasteiger partial charge in [-0.25, -0.2) is 0 Å². The summed E-state index contributed by atoms with van der Waals surface area (Å²) in [4.78, 5) is 11.4. The number of aliphatic hydroxyl groups is 1. The van der Waals surface area contributed by atoms with E-state index in [1.54, 1.807) is 24.3 Å². The van der Waals surface area contributed by atoms with Gasteiger partial charge in [0.1, 0.15) is 0 Å². The van der Waals surface area contributed by atoms with Gasteiger partial charge in [0.2, 0.25) is 5.91 Å². The van der Waals surface area contributed by atoms with Gasteiger partial charge in [-0.05, 0) is 41.0 Å². The highest BCUT2D eigenvalue weighted by Gasteiger charge is 2.22. The third-order valence-electron chi connectivity index (χ3n) is 3.55. The summed E-state index contributed by atoms with van der Waals surface area (Å²) in [5, 5.41) is 14.3. The SMILES string of the molecule is O=C1Cc2cc(C(O)Cc3ccc(Cl)cc3)c(Cl)cc2N1. The van der Waals surface area contributed by atoms with Crippen LogP contribution in [0.5, 0.6) is 0 Å². The summed E-state index contributed by atoms with van der Waals surface area (Å²) in [6.07, 6.45) is 0.0456. The van der Waals surface area contributed by atoms with Crippen molar-refractivity contribution in [3.8, 4) is 0 Å². The molecule has 0 radical (unpaired) electrons. The summed E-state index contributed by atoms with van der Waals surface area (Å²) in [6.45, 7) is 0. The second kappa shape index (κ2) is 5.68. The molecular weight excluding hydrogens is 309 g/mol. The van der Waals surface area contributed by atoms with E-state index in [1.165, 1.54) is 0 Å². The number of fused-ring (bicyclic) bond motifs is 1. The topological polar surface area (TPSA) is 49.3 Å². The molecule has 0 bridgehead atoms. The van der Waals surface area contributed by atoms with Crippen molar-refractivity contribution in [2.24, 2.45) is 0 Å². The number of rotatable bonds is 3. The van der Waals surface area contributed by atoms with Crippen LogP contribution in [-0.2, 0) is 17.6 Å². The molecule has 1 heterocycles. The predicted octanol–water partition coefficient (Wildman–Crippen LogP) is 3.76. The number of nitrogens with one attached hydrogen (secondary N) is 1. The third kappa shape index (κ3) is 3.05. The number of carbonyl (C=O) groups is 1. The second-order valence-corrected chi connectivity index (χ2v) is 5.95. The zero-order chi connectivity index (χ0) is 15.0. The standard InChI is InChI=1S/C16H13Cl2NO2/c17-11-3-1-9(2-4-11)5-15(20)12-6-10-7-16(21)19-14(10)8-13(12)18/h1-4,6,8,15,20H,5,7H2,(H,19,21). The number of hydrogen-bond donors (Lipinski definition) is 2. The number of hydrogen-bond acceptors (Lipinski definition) is 2. The van der Waals surface area contributed by atoms with Crippen LogP contribution in [0.4, 0.5) is 5.69 Å². The summed E-state index contributed by atoms with van der Waals surface area (Å²) < 4.78 is 0. The van der Waals surface area contributed by atoms with Crippen molar-refractivity contribution in [2.45, 2.75) is 18.9 Å². The quantitative estimate of drug-likeness (QED) is 0.904. The van der Waals surface area contributed by atoms with E-state index in [0.29, 0.717) is 28.5 Å². The Hall–Kier alpha value is -1.55. The van der Waals surface area contributed by atoms with E-state index in [-0.39, 0.29) is 5.91 Å². The van der Waals surface area contributed by atoms with Crippen molar-refractivity contribution < 1.29 is 9.90 Å². The Bertz CT molecular complexity index is 698. The highest BCUT2D eigenvalue weighted by molar-refractivity contribution is 6.32. The van der Waals surface area contributed by atoms with Gasteiger partial charge in [-0.2, -0.15) is 0 Å². The molecule has 3 nitrogen and oxygen atoms in total. The largest absolute Gasteiger partial charge is 0.388 e. The lowest BCUT2D eigenvalue weighted by molar-refractivity contribution is -0.115. The van der Waals surface area contributed by atoms with E-state index in [4.69, 9.17) is 23.2 Å². The number of carbonyl (C=O) groups excluding carboxylic acids is 1. The van der Waals surface area contributed by atoms with Crippen LogP contribution in [0.3, 0.4) is 0 Å². The summed E-state index contributed by atoms with van der Waals surface area (Å²) in [7, 11) is 0. The van der Waals surface area contributed by atoms with Gasteiger partial charge >= 0.3 is 0 Å². The molecule has 2 aromatic carbocycles. The first-order valence-corrected chi connectivity index (χ1v) is 7.33. The Morgan fingerprint density at radius 1 is 1.19 bits per heavy atom. The molecule has 1 aliphatic heterocycles. The molecule has 5 heteroatoms. The molecule has 1 unspecified atom stereocenters. The molecule has 1 atom stereocenters. The fourth-order valence-electron chi connectivity index (χ4n) is 2.48. The Kier molecular flexibility index (Phi) is 3.89. The van der Waals surface area contributed by atoms with Crippen molar-refractivity contribution in [3.05, 3.63) is 63.1 Å². The fourth-order valence-corrected chi connectivity index (χ4v) is 2.89. The van der Waals surface area contributed by atoms with Crippen molar-refractivity contribution in [1.82, 2.24) is 0 Å². The lowest BCUT2D eigenvalue weighted by atomic mass is 9.99. The van der Waals surface area contributed by atoms with Crippen molar-refractivity contribution >= 4 is 34.8 Å². The Morgan fingerprint density at radius 3 is 2.62 bits per heavy atom. The van der Waals surface area contributed by atoms with E-state index in [2.05, 4.69) is 5.32 Å². The van der Waals surface area contributed by atoms with Gasteiger partial charge in [-0.15, -0.1) is 0 Å². The van der Waals surface area contributed by atoms with Gasteiger partial charge in [0, 0.05) is 22.2 Å². The molecular formula is C16H13Cl2NO2. The van der Waals surface area contributed by atoms with Crippen molar-refractivity contribution in [1.29, 1.82) is 0 Å². The monoisotopic (exact) mass is 321 g/mol. The maximum atomic E-state index is 11.4. The summed E-state index contributed by atoms with van der Waals surface area (Å²) >= 11 is 12.1. The van der Waals surface area contributed by atoms with Crippen LogP contribution >= 0.6 is 23.2 Å². The molecule has 2 aromatic rings. The van der Waals surface area contributed by atoms with Gasteiger partial charge in [-0.3, -0.25) is 4.79 Å². The van der Waals surface area contributed by atoms with Gasteiger partial charge in [-0.1, -0.05) is 35.3 Å². The molecule has 0 saturated carbocycles. The molecule has 0 aliphatic carbocycles.